The van der Waals surface area contributed by atoms with Crippen molar-refractivity contribution < 1.29 is 14.3 Å². The zero-order valence-electron chi connectivity index (χ0n) is 14.4. The van der Waals surface area contributed by atoms with Gasteiger partial charge in [0.25, 0.3) is 0 Å². The average Bonchev–Trinajstić information content (AvgIpc) is 3.12. The summed E-state index contributed by atoms with van der Waals surface area (Å²) in [5.41, 5.74) is 1.08. The molecule has 2 rings (SSSR count). The Bertz CT molecular complexity index is 700. The molecule has 0 aliphatic carbocycles. The van der Waals surface area contributed by atoms with Crippen LogP contribution in [0.4, 0.5) is 16.2 Å². The van der Waals surface area contributed by atoms with Gasteiger partial charge in [0.1, 0.15) is 11.6 Å². The molecule has 4 N–H and O–H groups in total. The fraction of sp³-hybridized carbons (Fsp3) is 0.353. The molecule has 1 aromatic heterocycles. The summed E-state index contributed by atoms with van der Waals surface area (Å²) < 4.78 is 5.21. The molecule has 0 saturated heterocycles. The highest BCUT2D eigenvalue weighted by molar-refractivity contribution is 5.94. The number of hydrogen-bond donors (Lipinski definition) is 4. The summed E-state index contributed by atoms with van der Waals surface area (Å²) >= 11 is 0. The van der Waals surface area contributed by atoms with Crippen LogP contribution in [0.2, 0.25) is 0 Å². The Balaban J connectivity index is 1.84. The van der Waals surface area contributed by atoms with Gasteiger partial charge < -0.3 is 25.7 Å². The van der Waals surface area contributed by atoms with E-state index < -0.39 is 0 Å². The smallest absolute Gasteiger partial charge is 0.319 e. The summed E-state index contributed by atoms with van der Waals surface area (Å²) in [5.74, 6) is 1.30. The van der Waals surface area contributed by atoms with Crippen LogP contribution in [-0.2, 0) is 11.2 Å². The number of H-pyrrole nitrogens is 1. The van der Waals surface area contributed by atoms with Crippen molar-refractivity contribution in [2.75, 3.05) is 24.3 Å². The monoisotopic (exact) mass is 345 g/mol. The molecule has 8 nitrogen and oxygen atoms in total. The number of anilines is 2. The normalized spacial score (nSPS) is 10.2. The van der Waals surface area contributed by atoms with E-state index in [1.165, 1.54) is 7.11 Å². The molecule has 0 bridgehead atoms. The van der Waals surface area contributed by atoms with Crippen LogP contribution in [0.5, 0.6) is 5.75 Å². The van der Waals surface area contributed by atoms with Crippen molar-refractivity contribution in [3.05, 3.63) is 36.4 Å². The number of hydrogen-bond acceptors (Lipinski definition) is 4. The van der Waals surface area contributed by atoms with Crippen molar-refractivity contribution in [3.63, 3.8) is 0 Å². The second-order valence-electron chi connectivity index (χ2n) is 5.34. The first-order chi connectivity index (χ1) is 12.1. The Morgan fingerprint density at radius 2 is 2.12 bits per heavy atom. The predicted octanol–water partition coefficient (Wildman–Crippen LogP) is 2.52. The van der Waals surface area contributed by atoms with E-state index in [0.717, 1.165) is 18.7 Å². The Hall–Kier alpha value is -3.03. The van der Waals surface area contributed by atoms with E-state index in [4.69, 9.17) is 4.74 Å². The zero-order chi connectivity index (χ0) is 18.1. The molecule has 2 aromatic rings. The number of ether oxygens (including phenoxy) is 1. The fourth-order valence-corrected chi connectivity index (χ4v) is 2.19. The molecule has 3 amide bonds. The second kappa shape index (κ2) is 9.31. The lowest BCUT2D eigenvalue weighted by Crippen LogP contribution is -2.29. The number of imidazole rings is 1. The van der Waals surface area contributed by atoms with Crippen LogP contribution in [0, 0.1) is 0 Å². The van der Waals surface area contributed by atoms with Crippen LogP contribution < -0.4 is 20.7 Å². The minimum absolute atomic E-state index is 0.127. The molecule has 1 heterocycles. The molecule has 1 aromatic carbocycles. The Kier molecular flexibility index (Phi) is 6.82. The van der Waals surface area contributed by atoms with Gasteiger partial charge in [0.05, 0.1) is 12.8 Å². The number of carbonyl (C=O) groups excluding carboxylic acids is 2. The Morgan fingerprint density at radius 1 is 1.28 bits per heavy atom. The molecule has 0 aliphatic rings. The fourth-order valence-electron chi connectivity index (χ4n) is 2.19. The van der Waals surface area contributed by atoms with Crippen molar-refractivity contribution in [2.24, 2.45) is 0 Å². The zero-order valence-corrected chi connectivity index (χ0v) is 14.4. The number of nitrogens with zero attached hydrogens (tertiary/aromatic N) is 1. The van der Waals surface area contributed by atoms with Crippen LogP contribution in [0.25, 0.3) is 0 Å². The van der Waals surface area contributed by atoms with E-state index in [2.05, 4.69) is 25.9 Å². The minimum atomic E-state index is -0.308. The van der Waals surface area contributed by atoms with Crippen molar-refractivity contribution in [2.45, 2.75) is 26.2 Å². The van der Waals surface area contributed by atoms with Crippen LogP contribution in [0.1, 0.15) is 25.6 Å². The van der Waals surface area contributed by atoms with E-state index in [-0.39, 0.29) is 11.9 Å². The first-order valence-electron chi connectivity index (χ1n) is 8.13. The first-order valence-corrected chi connectivity index (χ1v) is 8.13. The number of aromatic amines is 1. The molecule has 0 saturated carbocycles. The number of amides is 3. The number of urea groups is 1. The van der Waals surface area contributed by atoms with Crippen molar-refractivity contribution >= 4 is 23.3 Å². The van der Waals surface area contributed by atoms with Gasteiger partial charge in [-0.1, -0.05) is 6.92 Å². The highest BCUT2D eigenvalue weighted by Gasteiger charge is 2.09. The van der Waals surface area contributed by atoms with Gasteiger partial charge in [-0.15, -0.1) is 0 Å². The third-order valence-corrected chi connectivity index (χ3v) is 3.48. The van der Waals surface area contributed by atoms with Gasteiger partial charge in [-0.05, 0) is 24.6 Å². The quantitative estimate of drug-likeness (QED) is 0.551. The lowest BCUT2D eigenvalue weighted by molar-refractivity contribution is -0.115. The van der Waals surface area contributed by atoms with Gasteiger partial charge in [0.15, 0.2) is 0 Å². The standard InChI is InChI=1S/C17H23N5O3/c1-3-16(23)22-13-11-12(6-7-14(13)25-2)21-17(24)20-8-4-5-15-18-9-10-19-15/h6-7,9-11H,3-5,8H2,1-2H3,(H,18,19)(H,22,23)(H2,20,21,24). The predicted molar refractivity (Wildman–Crippen MR) is 95.8 cm³/mol. The highest BCUT2D eigenvalue weighted by Crippen LogP contribution is 2.27. The Morgan fingerprint density at radius 3 is 2.80 bits per heavy atom. The number of benzene rings is 1. The molecule has 0 radical (unpaired) electrons. The maximum atomic E-state index is 12.0. The van der Waals surface area contributed by atoms with Gasteiger partial charge in [-0.2, -0.15) is 0 Å². The summed E-state index contributed by atoms with van der Waals surface area (Å²) in [5, 5.41) is 8.27. The number of aryl methyl sites for hydroxylation is 1. The molecule has 0 fully saturated rings. The maximum absolute atomic E-state index is 12.0. The van der Waals surface area contributed by atoms with Crippen LogP contribution in [0.3, 0.4) is 0 Å². The minimum Gasteiger partial charge on any atom is -0.495 e. The molecular weight excluding hydrogens is 322 g/mol. The Labute approximate surface area is 146 Å². The van der Waals surface area contributed by atoms with E-state index in [1.54, 1.807) is 37.5 Å². The van der Waals surface area contributed by atoms with Crippen LogP contribution in [0.15, 0.2) is 30.6 Å². The number of carbonyl (C=O) groups is 2. The maximum Gasteiger partial charge on any atom is 0.319 e. The summed E-state index contributed by atoms with van der Waals surface area (Å²) in [6.45, 7) is 2.29. The number of rotatable bonds is 8. The molecule has 134 valence electrons. The number of nitrogens with one attached hydrogen (secondary N) is 4. The highest BCUT2D eigenvalue weighted by atomic mass is 16.5. The molecule has 25 heavy (non-hydrogen) atoms. The summed E-state index contributed by atoms with van der Waals surface area (Å²) in [4.78, 5) is 30.7. The summed E-state index contributed by atoms with van der Waals surface area (Å²) in [6, 6.07) is 4.76. The van der Waals surface area contributed by atoms with Gasteiger partial charge in [0, 0.05) is 37.5 Å². The van der Waals surface area contributed by atoms with Gasteiger partial charge >= 0.3 is 6.03 Å². The van der Waals surface area contributed by atoms with E-state index in [9.17, 15) is 9.59 Å². The van der Waals surface area contributed by atoms with Crippen LogP contribution in [-0.4, -0.2) is 35.6 Å². The molecular formula is C17H23N5O3. The van der Waals surface area contributed by atoms with Crippen LogP contribution >= 0.6 is 0 Å². The topological polar surface area (TPSA) is 108 Å². The lowest BCUT2D eigenvalue weighted by Gasteiger charge is -2.13. The summed E-state index contributed by atoms with van der Waals surface area (Å²) in [7, 11) is 1.52. The van der Waals surface area contributed by atoms with Crippen molar-refractivity contribution in [1.82, 2.24) is 15.3 Å². The molecule has 8 heteroatoms. The average molecular weight is 345 g/mol. The lowest BCUT2D eigenvalue weighted by atomic mass is 10.2. The molecule has 0 aliphatic heterocycles. The van der Waals surface area contributed by atoms with E-state index in [0.29, 0.717) is 30.1 Å². The van der Waals surface area contributed by atoms with Gasteiger partial charge in [-0.25, -0.2) is 9.78 Å². The third-order valence-electron chi connectivity index (χ3n) is 3.48. The number of aromatic nitrogens is 2. The second-order valence-corrected chi connectivity index (χ2v) is 5.34. The number of methoxy groups -OCH3 is 1. The van der Waals surface area contributed by atoms with E-state index in [1.807, 2.05) is 0 Å². The van der Waals surface area contributed by atoms with E-state index >= 15 is 0 Å². The summed E-state index contributed by atoms with van der Waals surface area (Å²) in [6.07, 6.45) is 5.38. The third kappa shape index (κ3) is 5.83. The first kappa shape index (κ1) is 18.3. The largest absolute Gasteiger partial charge is 0.495 e. The molecule has 0 spiro atoms. The van der Waals surface area contributed by atoms with Gasteiger partial charge in [-0.3, -0.25) is 4.79 Å². The SMILES string of the molecule is CCC(=O)Nc1cc(NC(=O)NCCCc2ncc[nH]2)ccc1OC. The van der Waals surface area contributed by atoms with Crippen molar-refractivity contribution in [3.8, 4) is 5.75 Å². The van der Waals surface area contributed by atoms with Crippen molar-refractivity contribution in [1.29, 1.82) is 0 Å². The molecule has 0 atom stereocenters. The van der Waals surface area contributed by atoms with Gasteiger partial charge in [0.2, 0.25) is 5.91 Å². The molecule has 0 unspecified atom stereocenters.